The molecule has 0 saturated carbocycles. The van der Waals surface area contributed by atoms with Crippen LogP contribution in [0, 0.1) is 6.92 Å². The average Bonchev–Trinajstić information content (AvgIpc) is 3.39. The van der Waals surface area contributed by atoms with E-state index in [2.05, 4.69) is 41.2 Å². The summed E-state index contributed by atoms with van der Waals surface area (Å²) >= 11 is 0. The summed E-state index contributed by atoms with van der Waals surface area (Å²) in [5, 5.41) is 8.48. The maximum Gasteiger partial charge on any atom is 0.228 e. The van der Waals surface area contributed by atoms with Gasteiger partial charge < -0.3 is 10.1 Å². The van der Waals surface area contributed by atoms with E-state index in [0.29, 0.717) is 27.1 Å². The highest BCUT2D eigenvalue weighted by molar-refractivity contribution is 7.85. The molecule has 0 aliphatic rings. The van der Waals surface area contributed by atoms with Gasteiger partial charge in [-0.3, -0.25) is 14.5 Å². The second-order valence-electron chi connectivity index (χ2n) is 10.2. The highest BCUT2D eigenvalue weighted by Gasteiger charge is 2.16. The molecule has 0 saturated heterocycles. The number of anilines is 1. The smallest absolute Gasteiger partial charge is 0.228 e. The number of pyridine rings is 2. The molecule has 1 N–H and O–H groups in total. The van der Waals surface area contributed by atoms with Gasteiger partial charge in [0.15, 0.2) is 0 Å². The molecule has 8 nitrogen and oxygen atoms in total. The number of fused-ring (bicyclic) bond motifs is 1. The Kier molecular flexibility index (Phi) is 7.26. The Morgan fingerprint density at radius 2 is 1.85 bits per heavy atom. The summed E-state index contributed by atoms with van der Waals surface area (Å²) in [6, 6.07) is 18.3. The van der Waals surface area contributed by atoms with E-state index in [1.54, 1.807) is 42.9 Å². The summed E-state index contributed by atoms with van der Waals surface area (Å²) in [5.41, 5.74) is 3.00. The fourth-order valence-electron chi connectivity index (χ4n) is 4.08. The van der Waals surface area contributed by atoms with Crippen molar-refractivity contribution in [2.75, 3.05) is 5.32 Å². The Morgan fingerprint density at radius 1 is 1.00 bits per heavy atom. The van der Waals surface area contributed by atoms with Crippen molar-refractivity contribution in [2.24, 2.45) is 0 Å². The highest BCUT2D eigenvalue weighted by atomic mass is 32.2. The molecule has 3 aromatic heterocycles. The van der Waals surface area contributed by atoms with Gasteiger partial charge in [0.1, 0.15) is 27.3 Å². The number of carbonyl (C=O) groups is 1. The van der Waals surface area contributed by atoms with Gasteiger partial charge in [0.2, 0.25) is 5.91 Å². The first-order valence-corrected chi connectivity index (χ1v) is 13.7. The van der Waals surface area contributed by atoms with Crippen LogP contribution in [-0.2, 0) is 27.6 Å². The van der Waals surface area contributed by atoms with E-state index < -0.39 is 10.8 Å². The van der Waals surface area contributed by atoms with Crippen molar-refractivity contribution in [2.45, 2.75) is 49.6 Å². The zero-order valence-electron chi connectivity index (χ0n) is 22.2. The SMILES string of the molecule is Cc1cc(CC(=O)Nc2cnn(C(C)(C)C)c2)ccc1Oc1ccnc2ccc(S(=O)c3ccccn3)cc12. The number of ether oxygens (including phenoxy) is 1. The fourth-order valence-corrected chi connectivity index (χ4v) is 5.10. The number of aryl methyl sites for hydroxylation is 1. The predicted octanol–water partition coefficient (Wildman–Crippen LogP) is 6.03. The Bertz CT molecular complexity index is 1680. The van der Waals surface area contributed by atoms with Crippen LogP contribution in [0.5, 0.6) is 11.5 Å². The van der Waals surface area contributed by atoms with Crippen LogP contribution >= 0.6 is 0 Å². The summed E-state index contributed by atoms with van der Waals surface area (Å²) in [4.78, 5) is 21.9. The van der Waals surface area contributed by atoms with Crippen molar-refractivity contribution < 1.29 is 13.7 Å². The number of carbonyl (C=O) groups excluding carboxylic acids is 1. The molecule has 0 bridgehead atoms. The molecule has 3 heterocycles. The van der Waals surface area contributed by atoms with Gasteiger partial charge in [-0.2, -0.15) is 5.10 Å². The zero-order chi connectivity index (χ0) is 27.6. The number of hydrogen-bond acceptors (Lipinski definition) is 6. The Hall–Kier alpha value is -4.37. The number of hydrogen-bond donors (Lipinski definition) is 1. The standard InChI is InChI=1S/C30H29N5O3S/c1-20-15-21(16-28(36)34-22-18-33-35(19-22)30(2,3)4)8-11-26(20)38-27-12-14-31-25-10-9-23(17-24(25)27)39(37)29-7-5-6-13-32-29/h5-15,17-19H,16H2,1-4H3,(H,34,36). The first-order chi connectivity index (χ1) is 18.7. The Labute approximate surface area is 229 Å². The van der Waals surface area contributed by atoms with Crippen LogP contribution in [0.2, 0.25) is 0 Å². The van der Waals surface area contributed by atoms with Gasteiger partial charge in [-0.25, -0.2) is 9.19 Å². The number of amides is 1. The Morgan fingerprint density at radius 3 is 2.56 bits per heavy atom. The fraction of sp³-hybridized carbons (Fsp3) is 0.200. The first kappa shape index (κ1) is 26.2. The minimum atomic E-state index is -1.43. The molecule has 0 radical (unpaired) electrons. The number of benzene rings is 2. The normalized spacial score (nSPS) is 12.3. The van der Waals surface area contributed by atoms with Crippen LogP contribution in [0.15, 0.2) is 95.4 Å². The molecule has 0 aliphatic carbocycles. The topological polar surface area (TPSA) is 99.0 Å². The van der Waals surface area contributed by atoms with Crippen LogP contribution < -0.4 is 10.1 Å². The van der Waals surface area contributed by atoms with Crippen LogP contribution in [0.4, 0.5) is 5.69 Å². The summed E-state index contributed by atoms with van der Waals surface area (Å²) in [7, 11) is -1.43. The van der Waals surface area contributed by atoms with E-state index in [1.165, 1.54) is 0 Å². The van der Waals surface area contributed by atoms with E-state index >= 15 is 0 Å². The van der Waals surface area contributed by atoms with Gasteiger partial charge in [0.25, 0.3) is 0 Å². The lowest BCUT2D eigenvalue weighted by molar-refractivity contribution is -0.115. The number of nitrogens with zero attached hydrogens (tertiary/aromatic N) is 4. The molecule has 9 heteroatoms. The van der Waals surface area contributed by atoms with Gasteiger partial charge in [-0.05, 0) is 81.3 Å². The molecule has 5 aromatic rings. The maximum atomic E-state index is 13.0. The monoisotopic (exact) mass is 539 g/mol. The highest BCUT2D eigenvalue weighted by Crippen LogP contribution is 2.32. The molecule has 0 aliphatic heterocycles. The predicted molar refractivity (Wildman–Crippen MR) is 151 cm³/mol. The third-order valence-electron chi connectivity index (χ3n) is 6.09. The lowest BCUT2D eigenvalue weighted by atomic mass is 10.1. The molecular formula is C30H29N5O3S. The largest absolute Gasteiger partial charge is 0.456 e. The van der Waals surface area contributed by atoms with Crippen molar-refractivity contribution >= 4 is 33.3 Å². The van der Waals surface area contributed by atoms with Crippen LogP contribution in [0.3, 0.4) is 0 Å². The number of nitrogens with one attached hydrogen (secondary N) is 1. The zero-order valence-corrected chi connectivity index (χ0v) is 23.0. The van der Waals surface area contributed by atoms with E-state index in [9.17, 15) is 9.00 Å². The molecule has 198 valence electrons. The number of rotatable bonds is 7. The molecule has 1 atom stereocenters. The van der Waals surface area contributed by atoms with E-state index in [0.717, 1.165) is 22.0 Å². The van der Waals surface area contributed by atoms with Crippen LogP contribution in [0.25, 0.3) is 10.9 Å². The second kappa shape index (κ2) is 10.8. The van der Waals surface area contributed by atoms with E-state index in [1.807, 2.05) is 54.2 Å². The van der Waals surface area contributed by atoms with Crippen molar-refractivity contribution in [1.29, 1.82) is 0 Å². The quantitative estimate of drug-likeness (QED) is 0.271. The molecular weight excluding hydrogens is 510 g/mol. The van der Waals surface area contributed by atoms with Gasteiger partial charge in [-0.1, -0.05) is 18.2 Å². The Balaban J connectivity index is 1.32. The third-order valence-corrected chi connectivity index (χ3v) is 7.40. The first-order valence-electron chi connectivity index (χ1n) is 12.5. The van der Waals surface area contributed by atoms with E-state index in [-0.39, 0.29) is 17.9 Å². The van der Waals surface area contributed by atoms with Crippen molar-refractivity contribution in [3.63, 3.8) is 0 Å². The molecule has 5 rings (SSSR count). The van der Waals surface area contributed by atoms with Crippen LogP contribution in [-0.4, -0.2) is 29.9 Å². The summed E-state index contributed by atoms with van der Waals surface area (Å²) < 4.78 is 21.2. The van der Waals surface area contributed by atoms with E-state index in [4.69, 9.17) is 4.74 Å². The minimum Gasteiger partial charge on any atom is -0.456 e. The van der Waals surface area contributed by atoms with Gasteiger partial charge >= 0.3 is 0 Å². The van der Waals surface area contributed by atoms with Gasteiger partial charge in [0.05, 0.1) is 29.4 Å². The summed E-state index contributed by atoms with van der Waals surface area (Å²) in [6.07, 6.45) is 7.02. The van der Waals surface area contributed by atoms with Crippen molar-refractivity contribution in [3.05, 3.63) is 96.6 Å². The molecule has 39 heavy (non-hydrogen) atoms. The molecule has 2 aromatic carbocycles. The summed E-state index contributed by atoms with van der Waals surface area (Å²) in [6.45, 7) is 8.09. The van der Waals surface area contributed by atoms with Gasteiger partial charge in [-0.15, -0.1) is 0 Å². The minimum absolute atomic E-state index is 0.120. The molecule has 0 spiro atoms. The maximum absolute atomic E-state index is 13.0. The van der Waals surface area contributed by atoms with Crippen molar-refractivity contribution in [1.82, 2.24) is 19.7 Å². The van der Waals surface area contributed by atoms with Crippen LogP contribution in [0.1, 0.15) is 31.9 Å². The lowest BCUT2D eigenvalue weighted by Gasteiger charge is -2.18. The summed E-state index contributed by atoms with van der Waals surface area (Å²) in [5.74, 6) is 1.14. The average molecular weight is 540 g/mol. The third kappa shape index (κ3) is 6.04. The van der Waals surface area contributed by atoms with Crippen molar-refractivity contribution in [3.8, 4) is 11.5 Å². The molecule has 1 amide bonds. The second-order valence-corrected chi connectivity index (χ2v) is 11.6. The number of aromatic nitrogens is 4. The molecule has 0 fully saturated rings. The molecule has 1 unspecified atom stereocenters. The van der Waals surface area contributed by atoms with Gasteiger partial charge in [0, 0.05) is 28.9 Å². The lowest BCUT2D eigenvalue weighted by Crippen LogP contribution is -2.22.